The van der Waals surface area contributed by atoms with Crippen LogP contribution in [0.2, 0.25) is 0 Å². The third-order valence-electron chi connectivity index (χ3n) is 6.53. The molecule has 0 saturated carbocycles. The molecular formula is C27H36N6O3. The monoisotopic (exact) mass is 492 g/mol. The van der Waals surface area contributed by atoms with Crippen molar-refractivity contribution in [2.24, 2.45) is 4.99 Å². The summed E-state index contributed by atoms with van der Waals surface area (Å²) in [5.74, 6) is 0.568. The number of nitrogens with zero attached hydrogens (tertiary/aromatic N) is 4. The fourth-order valence-corrected chi connectivity index (χ4v) is 4.87. The molecule has 4 bridgehead atoms. The molecule has 3 N–H and O–H groups in total. The molecule has 4 rings (SSSR count). The van der Waals surface area contributed by atoms with E-state index in [1.165, 1.54) is 0 Å². The Bertz CT molecular complexity index is 1170. The number of nitrogens with one attached hydrogen (secondary N) is 1. The Morgan fingerprint density at radius 3 is 2.69 bits per heavy atom. The summed E-state index contributed by atoms with van der Waals surface area (Å²) in [4.78, 5) is 39.2. The fourth-order valence-electron chi connectivity index (χ4n) is 4.87. The average molecular weight is 493 g/mol. The normalized spacial score (nSPS) is 21.9. The number of nitrogens with two attached hydrogens (primary N) is 1. The van der Waals surface area contributed by atoms with Crippen LogP contribution < -0.4 is 11.1 Å². The number of aliphatic imine (C=N–C) groups is 1. The van der Waals surface area contributed by atoms with Crippen LogP contribution in [0.1, 0.15) is 45.6 Å². The Hall–Kier alpha value is -3.62. The van der Waals surface area contributed by atoms with Crippen molar-refractivity contribution >= 4 is 29.2 Å². The lowest BCUT2D eigenvalue weighted by Gasteiger charge is -2.30. The molecule has 192 valence electrons. The van der Waals surface area contributed by atoms with Crippen molar-refractivity contribution in [3.8, 4) is 11.3 Å². The van der Waals surface area contributed by atoms with E-state index in [9.17, 15) is 9.59 Å². The minimum atomic E-state index is -0.653. The van der Waals surface area contributed by atoms with Crippen molar-refractivity contribution in [2.75, 3.05) is 38.2 Å². The number of benzene rings is 1. The number of carbonyl (C=O) groups excluding carboxylic acids is 2. The second-order valence-electron chi connectivity index (χ2n) is 10.4. The van der Waals surface area contributed by atoms with E-state index < -0.39 is 17.7 Å². The molecule has 2 aromatic rings. The van der Waals surface area contributed by atoms with Crippen molar-refractivity contribution < 1.29 is 14.3 Å². The number of pyridine rings is 1. The molecule has 1 saturated heterocycles. The number of carbonyl (C=O) groups is 2. The maximum Gasteiger partial charge on any atom is 0.411 e. The van der Waals surface area contributed by atoms with Crippen molar-refractivity contribution in [1.82, 2.24) is 14.8 Å². The van der Waals surface area contributed by atoms with Crippen LogP contribution in [0.3, 0.4) is 0 Å². The second kappa shape index (κ2) is 10.2. The molecule has 9 heteroatoms. The van der Waals surface area contributed by atoms with Gasteiger partial charge in [0, 0.05) is 55.8 Å². The van der Waals surface area contributed by atoms with E-state index in [0.29, 0.717) is 43.9 Å². The number of hydrogen-bond acceptors (Lipinski definition) is 7. The van der Waals surface area contributed by atoms with Gasteiger partial charge in [0.15, 0.2) is 0 Å². The summed E-state index contributed by atoms with van der Waals surface area (Å²) in [5.41, 5.74) is 9.86. The standard InChI is InChI=1S/C27H36N6O3/c1-27(2,3)36-26(35)33-16-17-15-22(33)25(34)32(5)14-8-12-21(29-4)24-18(9-6-10-19(24)28)20-11-7-13-23(30-17)31-20/h6-7,9-11,13,17,22H,8,12,14-16,28H2,1-5H3,(H,30,31). The molecular weight excluding hydrogens is 456 g/mol. The smallest absolute Gasteiger partial charge is 0.411 e. The van der Waals surface area contributed by atoms with E-state index in [-0.39, 0.29) is 11.9 Å². The lowest BCUT2D eigenvalue weighted by Crippen LogP contribution is -2.48. The van der Waals surface area contributed by atoms with Gasteiger partial charge in [0.1, 0.15) is 17.5 Å². The topological polar surface area (TPSA) is 113 Å². The minimum Gasteiger partial charge on any atom is -0.444 e. The highest BCUT2D eigenvalue weighted by Gasteiger charge is 2.42. The first-order chi connectivity index (χ1) is 17.1. The summed E-state index contributed by atoms with van der Waals surface area (Å²) >= 11 is 0. The summed E-state index contributed by atoms with van der Waals surface area (Å²) in [6, 6.07) is 10.8. The van der Waals surface area contributed by atoms with Crippen LogP contribution in [0.5, 0.6) is 0 Å². The van der Waals surface area contributed by atoms with Gasteiger partial charge in [0.25, 0.3) is 0 Å². The highest BCUT2D eigenvalue weighted by Crippen LogP contribution is 2.31. The quantitative estimate of drug-likeness (QED) is 0.541. The van der Waals surface area contributed by atoms with E-state index >= 15 is 0 Å². The van der Waals surface area contributed by atoms with E-state index in [1.54, 1.807) is 23.9 Å². The van der Waals surface area contributed by atoms with Gasteiger partial charge in [-0.25, -0.2) is 9.78 Å². The van der Waals surface area contributed by atoms with Crippen LogP contribution >= 0.6 is 0 Å². The fraction of sp³-hybridized carbons (Fsp3) is 0.481. The maximum absolute atomic E-state index is 13.5. The molecule has 2 aliphatic rings. The number of nitrogen functional groups attached to an aromatic ring is 1. The van der Waals surface area contributed by atoms with Crippen LogP contribution in [0.25, 0.3) is 11.3 Å². The molecule has 0 radical (unpaired) electrons. The molecule has 36 heavy (non-hydrogen) atoms. The van der Waals surface area contributed by atoms with Crippen LogP contribution in [0.15, 0.2) is 41.4 Å². The van der Waals surface area contributed by atoms with Gasteiger partial charge in [-0.05, 0) is 58.2 Å². The molecule has 2 atom stereocenters. The maximum atomic E-state index is 13.5. The van der Waals surface area contributed by atoms with Gasteiger partial charge in [0.05, 0.1) is 5.69 Å². The molecule has 1 aromatic heterocycles. The van der Waals surface area contributed by atoms with Crippen molar-refractivity contribution in [1.29, 1.82) is 0 Å². The second-order valence-corrected chi connectivity index (χ2v) is 10.4. The summed E-state index contributed by atoms with van der Waals surface area (Å²) in [7, 11) is 3.54. The molecule has 0 spiro atoms. The number of aromatic nitrogens is 1. The van der Waals surface area contributed by atoms with E-state index in [2.05, 4.69) is 10.3 Å². The van der Waals surface area contributed by atoms with Crippen LogP contribution in [-0.2, 0) is 9.53 Å². The zero-order chi connectivity index (χ0) is 26.0. The molecule has 0 aliphatic carbocycles. The van der Waals surface area contributed by atoms with Gasteiger partial charge < -0.3 is 20.7 Å². The molecule has 2 aliphatic heterocycles. The number of likely N-dealkylation sites (tertiary alicyclic amines) is 1. The molecule has 1 aromatic carbocycles. The number of amides is 2. The largest absolute Gasteiger partial charge is 0.444 e. The molecule has 2 unspecified atom stereocenters. The third kappa shape index (κ3) is 5.45. The third-order valence-corrected chi connectivity index (χ3v) is 6.53. The zero-order valence-electron chi connectivity index (χ0n) is 21.7. The minimum absolute atomic E-state index is 0.100. The number of fused-ring (bicyclic) bond motifs is 6. The first-order valence-corrected chi connectivity index (χ1v) is 12.4. The number of anilines is 2. The predicted molar refractivity (Wildman–Crippen MR) is 142 cm³/mol. The zero-order valence-corrected chi connectivity index (χ0v) is 21.7. The van der Waals surface area contributed by atoms with Gasteiger partial charge >= 0.3 is 6.09 Å². The first-order valence-electron chi connectivity index (χ1n) is 12.4. The number of ether oxygens (including phenoxy) is 1. The average Bonchev–Trinajstić information content (AvgIpc) is 3.24. The van der Waals surface area contributed by atoms with Gasteiger partial charge in [0.2, 0.25) is 5.91 Å². The SMILES string of the molecule is CN=C1CCCN(C)C(=O)C2CC(CN2C(=O)OC(C)(C)C)Nc2cccc(n2)-c2cccc(N)c21. The lowest BCUT2D eigenvalue weighted by atomic mass is 9.95. The highest BCUT2D eigenvalue weighted by molar-refractivity contribution is 6.09. The Labute approximate surface area is 212 Å². The van der Waals surface area contributed by atoms with Crippen LogP contribution in [0, 0.1) is 0 Å². The van der Waals surface area contributed by atoms with Crippen molar-refractivity contribution in [3.05, 3.63) is 42.0 Å². The number of likely N-dealkylation sites (N-methyl/N-ethyl adjacent to an activating group) is 1. The Morgan fingerprint density at radius 2 is 1.97 bits per heavy atom. The molecule has 3 heterocycles. The van der Waals surface area contributed by atoms with Gasteiger partial charge in [-0.1, -0.05) is 18.2 Å². The number of hydrogen-bond donors (Lipinski definition) is 2. The lowest BCUT2D eigenvalue weighted by molar-refractivity contribution is -0.134. The number of rotatable bonds is 0. The van der Waals surface area contributed by atoms with Crippen LogP contribution in [-0.4, -0.2) is 77.4 Å². The van der Waals surface area contributed by atoms with E-state index in [0.717, 1.165) is 22.5 Å². The van der Waals surface area contributed by atoms with Gasteiger partial charge in [-0.15, -0.1) is 0 Å². The summed E-state index contributed by atoms with van der Waals surface area (Å²) < 4.78 is 5.63. The Kier molecular flexibility index (Phi) is 7.19. The molecule has 1 fully saturated rings. The van der Waals surface area contributed by atoms with Gasteiger partial charge in [-0.3, -0.25) is 14.7 Å². The van der Waals surface area contributed by atoms with Crippen molar-refractivity contribution in [2.45, 2.75) is 57.7 Å². The molecule has 9 nitrogen and oxygen atoms in total. The first kappa shape index (κ1) is 25.5. The summed E-state index contributed by atoms with van der Waals surface area (Å²) in [6.07, 6.45) is 1.35. The summed E-state index contributed by atoms with van der Waals surface area (Å²) in [5, 5.41) is 3.44. The summed E-state index contributed by atoms with van der Waals surface area (Å²) in [6.45, 7) is 6.35. The highest BCUT2D eigenvalue weighted by atomic mass is 16.6. The molecule has 2 amide bonds. The van der Waals surface area contributed by atoms with E-state index in [4.69, 9.17) is 15.5 Å². The Morgan fingerprint density at radius 1 is 1.22 bits per heavy atom. The van der Waals surface area contributed by atoms with Crippen LogP contribution in [0.4, 0.5) is 16.3 Å². The van der Waals surface area contributed by atoms with E-state index in [1.807, 2.05) is 57.2 Å². The Balaban J connectivity index is 1.74. The van der Waals surface area contributed by atoms with Crippen molar-refractivity contribution in [3.63, 3.8) is 0 Å². The van der Waals surface area contributed by atoms with Gasteiger partial charge in [-0.2, -0.15) is 0 Å². The predicted octanol–water partition coefficient (Wildman–Crippen LogP) is 3.79.